The highest BCUT2D eigenvalue weighted by Crippen LogP contribution is 2.26. The van der Waals surface area contributed by atoms with Crippen LogP contribution in [0.2, 0.25) is 0 Å². The number of benzene rings is 1. The lowest BCUT2D eigenvalue weighted by atomic mass is 10.1. The van der Waals surface area contributed by atoms with Crippen molar-refractivity contribution in [3.8, 4) is 11.5 Å². The minimum absolute atomic E-state index is 0.679. The first kappa shape index (κ1) is 15.2. The monoisotopic (exact) mass is 278 g/mol. The number of hydrogen-bond donors (Lipinski definition) is 1. The van der Waals surface area contributed by atoms with Gasteiger partial charge in [-0.3, -0.25) is 0 Å². The van der Waals surface area contributed by atoms with Crippen LogP contribution in [-0.2, 0) is 0 Å². The largest absolute Gasteiger partial charge is 0.490 e. The van der Waals surface area contributed by atoms with Crippen molar-refractivity contribution in [3.63, 3.8) is 0 Å². The summed E-state index contributed by atoms with van der Waals surface area (Å²) in [5.41, 5.74) is 0. The van der Waals surface area contributed by atoms with Crippen LogP contribution in [0.25, 0.3) is 0 Å². The average Bonchev–Trinajstić information content (AvgIpc) is 2.50. The molecule has 1 aliphatic heterocycles. The molecule has 0 amide bonds. The van der Waals surface area contributed by atoms with Gasteiger partial charge in [-0.25, -0.2) is 0 Å². The SMILES string of the molecule is CCOc1ccccc1OCCCC[NH+]1CCCCC1. The molecule has 0 atom stereocenters. The summed E-state index contributed by atoms with van der Waals surface area (Å²) in [6, 6.07) is 7.94. The molecule has 1 aromatic rings. The first-order chi connectivity index (χ1) is 9.90. The number of ether oxygens (including phenoxy) is 2. The molecule has 1 aliphatic rings. The van der Waals surface area contributed by atoms with Crippen molar-refractivity contribution in [1.29, 1.82) is 0 Å². The molecule has 1 heterocycles. The van der Waals surface area contributed by atoms with Crippen LogP contribution in [0.5, 0.6) is 11.5 Å². The minimum atomic E-state index is 0.679. The van der Waals surface area contributed by atoms with Crippen LogP contribution >= 0.6 is 0 Å². The van der Waals surface area contributed by atoms with Crippen molar-refractivity contribution >= 4 is 0 Å². The molecule has 2 rings (SSSR count). The Bertz CT molecular complexity index is 375. The number of nitrogens with one attached hydrogen (secondary N) is 1. The van der Waals surface area contributed by atoms with Gasteiger partial charge in [-0.15, -0.1) is 0 Å². The number of unbranched alkanes of at least 4 members (excludes halogenated alkanes) is 1. The van der Waals surface area contributed by atoms with Gasteiger partial charge in [0.2, 0.25) is 0 Å². The topological polar surface area (TPSA) is 22.9 Å². The maximum Gasteiger partial charge on any atom is 0.161 e. The number of piperidine rings is 1. The van der Waals surface area contributed by atoms with Gasteiger partial charge >= 0.3 is 0 Å². The quantitative estimate of drug-likeness (QED) is 0.738. The lowest BCUT2D eigenvalue weighted by Crippen LogP contribution is -3.12. The normalized spacial score (nSPS) is 16.1. The van der Waals surface area contributed by atoms with E-state index in [-0.39, 0.29) is 0 Å². The van der Waals surface area contributed by atoms with E-state index in [1.807, 2.05) is 31.2 Å². The van der Waals surface area contributed by atoms with Crippen LogP contribution in [0.15, 0.2) is 24.3 Å². The van der Waals surface area contributed by atoms with Crippen LogP contribution in [0.1, 0.15) is 39.0 Å². The summed E-state index contributed by atoms with van der Waals surface area (Å²) in [5, 5.41) is 0. The lowest BCUT2D eigenvalue weighted by molar-refractivity contribution is -0.905. The Hall–Kier alpha value is -1.22. The van der Waals surface area contributed by atoms with Gasteiger partial charge < -0.3 is 14.4 Å². The van der Waals surface area contributed by atoms with Crippen molar-refractivity contribution in [1.82, 2.24) is 0 Å². The van der Waals surface area contributed by atoms with Gasteiger partial charge in [0.1, 0.15) is 0 Å². The number of para-hydroxylation sites is 2. The predicted octanol–water partition coefficient (Wildman–Crippen LogP) is 2.31. The highest BCUT2D eigenvalue weighted by molar-refractivity contribution is 5.39. The summed E-state index contributed by atoms with van der Waals surface area (Å²) in [4.78, 5) is 1.78. The van der Waals surface area contributed by atoms with Gasteiger partial charge in [-0.1, -0.05) is 12.1 Å². The molecule has 1 N–H and O–H groups in total. The van der Waals surface area contributed by atoms with E-state index in [0.29, 0.717) is 6.61 Å². The van der Waals surface area contributed by atoms with Gasteiger partial charge in [-0.2, -0.15) is 0 Å². The van der Waals surface area contributed by atoms with E-state index in [2.05, 4.69) is 0 Å². The molecule has 1 fully saturated rings. The van der Waals surface area contributed by atoms with Gasteiger partial charge in [0, 0.05) is 0 Å². The fraction of sp³-hybridized carbons (Fsp3) is 0.647. The van der Waals surface area contributed by atoms with Crippen LogP contribution in [-0.4, -0.2) is 32.8 Å². The second-order valence-electron chi connectivity index (χ2n) is 5.50. The first-order valence-corrected chi connectivity index (χ1v) is 8.08. The van der Waals surface area contributed by atoms with E-state index >= 15 is 0 Å². The Labute approximate surface area is 122 Å². The van der Waals surface area contributed by atoms with Crippen LogP contribution in [0.3, 0.4) is 0 Å². The molecular weight excluding hydrogens is 250 g/mol. The summed E-state index contributed by atoms with van der Waals surface area (Å²) < 4.78 is 11.4. The summed E-state index contributed by atoms with van der Waals surface area (Å²) in [5.74, 6) is 1.73. The number of quaternary nitrogens is 1. The smallest absolute Gasteiger partial charge is 0.161 e. The number of hydrogen-bond acceptors (Lipinski definition) is 2. The second-order valence-corrected chi connectivity index (χ2v) is 5.50. The van der Waals surface area contributed by atoms with Crippen LogP contribution < -0.4 is 14.4 Å². The maximum absolute atomic E-state index is 5.84. The number of rotatable bonds is 8. The molecule has 0 spiro atoms. The molecule has 0 aliphatic carbocycles. The molecule has 1 saturated heterocycles. The fourth-order valence-corrected chi connectivity index (χ4v) is 2.81. The highest BCUT2D eigenvalue weighted by atomic mass is 16.5. The van der Waals surface area contributed by atoms with Crippen molar-refractivity contribution in [2.24, 2.45) is 0 Å². The number of likely N-dealkylation sites (tertiary alicyclic amines) is 1. The molecule has 0 saturated carbocycles. The lowest BCUT2D eigenvalue weighted by Gasteiger charge is -2.23. The third kappa shape index (κ3) is 5.04. The molecular formula is C17H28NO2+. The standard InChI is InChI=1S/C17H27NO2/c1-2-19-16-10-4-5-11-17(16)20-15-9-8-14-18-12-6-3-7-13-18/h4-5,10-11H,2-3,6-9,12-15H2,1H3/p+1. The minimum Gasteiger partial charge on any atom is -0.490 e. The van der Waals surface area contributed by atoms with Gasteiger partial charge in [0.15, 0.2) is 11.5 Å². The molecule has 3 nitrogen and oxygen atoms in total. The summed E-state index contributed by atoms with van der Waals surface area (Å²) >= 11 is 0. The predicted molar refractivity (Wildman–Crippen MR) is 81.8 cm³/mol. The maximum atomic E-state index is 5.84. The third-order valence-electron chi connectivity index (χ3n) is 3.89. The average molecular weight is 278 g/mol. The van der Waals surface area contributed by atoms with Crippen molar-refractivity contribution in [3.05, 3.63) is 24.3 Å². The van der Waals surface area contributed by atoms with E-state index in [1.165, 1.54) is 45.3 Å². The zero-order valence-corrected chi connectivity index (χ0v) is 12.7. The van der Waals surface area contributed by atoms with Crippen molar-refractivity contribution in [2.45, 2.75) is 39.0 Å². The van der Waals surface area contributed by atoms with Gasteiger partial charge in [0.25, 0.3) is 0 Å². The zero-order chi connectivity index (χ0) is 14.0. The van der Waals surface area contributed by atoms with E-state index in [9.17, 15) is 0 Å². The Kier molecular flexibility index (Phi) is 6.72. The highest BCUT2D eigenvalue weighted by Gasteiger charge is 2.12. The van der Waals surface area contributed by atoms with Crippen LogP contribution in [0, 0.1) is 0 Å². The molecule has 1 aromatic carbocycles. The van der Waals surface area contributed by atoms with E-state index < -0.39 is 0 Å². The van der Waals surface area contributed by atoms with E-state index in [0.717, 1.165) is 24.5 Å². The Morgan fingerprint density at radius 3 is 2.35 bits per heavy atom. The fourth-order valence-electron chi connectivity index (χ4n) is 2.81. The summed E-state index contributed by atoms with van der Waals surface area (Å²) in [6.45, 7) is 7.51. The zero-order valence-electron chi connectivity index (χ0n) is 12.7. The molecule has 20 heavy (non-hydrogen) atoms. The van der Waals surface area contributed by atoms with E-state index in [4.69, 9.17) is 9.47 Å². The molecule has 3 heteroatoms. The third-order valence-corrected chi connectivity index (χ3v) is 3.89. The molecule has 0 unspecified atom stereocenters. The Balaban J connectivity index is 1.63. The molecule has 0 bridgehead atoms. The van der Waals surface area contributed by atoms with Gasteiger partial charge in [0.05, 0.1) is 32.8 Å². The Morgan fingerprint density at radius 1 is 0.950 bits per heavy atom. The van der Waals surface area contributed by atoms with Gasteiger partial charge in [-0.05, 0) is 51.2 Å². The molecule has 0 aromatic heterocycles. The van der Waals surface area contributed by atoms with Crippen molar-refractivity contribution < 1.29 is 14.4 Å². The molecule has 112 valence electrons. The molecule has 0 radical (unpaired) electrons. The summed E-state index contributed by atoms with van der Waals surface area (Å²) in [7, 11) is 0. The van der Waals surface area contributed by atoms with Crippen molar-refractivity contribution in [2.75, 3.05) is 32.8 Å². The first-order valence-electron chi connectivity index (χ1n) is 8.08. The van der Waals surface area contributed by atoms with Crippen LogP contribution in [0.4, 0.5) is 0 Å². The summed E-state index contributed by atoms with van der Waals surface area (Å²) in [6.07, 6.45) is 6.64. The Morgan fingerprint density at radius 2 is 1.65 bits per heavy atom. The van der Waals surface area contributed by atoms with E-state index in [1.54, 1.807) is 4.90 Å². The second kappa shape index (κ2) is 8.85.